The summed E-state index contributed by atoms with van der Waals surface area (Å²) in [5.74, 6) is 0. The van der Waals surface area contributed by atoms with Gasteiger partial charge in [-0.2, -0.15) is 0 Å². The van der Waals surface area contributed by atoms with Gasteiger partial charge in [-0.3, -0.25) is 0 Å². The molecule has 0 aliphatic heterocycles. The summed E-state index contributed by atoms with van der Waals surface area (Å²) in [5, 5.41) is 0. The molecule has 44 valence electrons. The quantitative estimate of drug-likeness (QED) is 0.232. The van der Waals surface area contributed by atoms with Crippen molar-refractivity contribution in [1.82, 2.24) is 0 Å². The summed E-state index contributed by atoms with van der Waals surface area (Å²) in [6.45, 7) is 4.10. The molecule has 0 spiro atoms. The average Bonchev–Trinajstić information content (AvgIpc) is 1.81. The molecule has 2 heteroatoms. The number of aliphatic imine (C=N–C) groups is 1. The number of isocyanates is 1. The van der Waals surface area contributed by atoms with Crippen LogP contribution < -0.4 is 0 Å². The molecule has 0 aromatic heterocycles. The second-order valence-corrected chi connectivity index (χ2v) is 1.40. The minimum atomic E-state index is 0.579. The van der Waals surface area contributed by atoms with Crippen LogP contribution in [0.15, 0.2) is 17.6 Å². The first kappa shape index (κ1) is 7.12. The Bertz CT molecular complexity index is 103. The summed E-state index contributed by atoms with van der Waals surface area (Å²) in [4.78, 5) is 12.8. The molecular weight excluding hydrogens is 102 g/mol. The molecule has 0 atom stereocenters. The highest BCUT2D eigenvalue weighted by Crippen LogP contribution is 1.87. The zero-order chi connectivity index (χ0) is 6.24. The van der Waals surface area contributed by atoms with Crippen LogP contribution in [-0.2, 0) is 4.79 Å². The van der Waals surface area contributed by atoms with Gasteiger partial charge in [-0.15, -0.1) is 6.58 Å². The summed E-state index contributed by atoms with van der Waals surface area (Å²) < 4.78 is 0. The third-order valence-electron chi connectivity index (χ3n) is 0.743. The fourth-order valence-corrected chi connectivity index (χ4v) is 0.360. The van der Waals surface area contributed by atoms with Crippen LogP contribution in [0.2, 0.25) is 0 Å². The molecule has 0 aliphatic rings. The molecule has 2 nitrogen and oxygen atoms in total. The second kappa shape index (κ2) is 6.12. The lowest BCUT2D eigenvalue weighted by Gasteiger charge is -1.82. The van der Waals surface area contributed by atoms with E-state index in [0.29, 0.717) is 6.54 Å². The Morgan fingerprint density at radius 3 is 3.00 bits per heavy atom. The van der Waals surface area contributed by atoms with Crippen LogP contribution in [0.3, 0.4) is 0 Å². The molecule has 0 radical (unpaired) electrons. The Balaban J connectivity index is 2.93. The minimum absolute atomic E-state index is 0.579. The van der Waals surface area contributed by atoms with Crippen molar-refractivity contribution in [3.05, 3.63) is 12.7 Å². The largest absolute Gasteiger partial charge is 0.234 e. The predicted molar refractivity (Wildman–Crippen MR) is 32.4 cm³/mol. The van der Waals surface area contributed by atoms with Crippen LogP contribution in [0.5, 0.6) is 0 Å². The zero-order valence-corrected chi connectivity index (χ0v) is 4.76. The zero-order valence-electron chi connectivity index (χ0n) is 4.76. The van der Waals surface area contributed by atoms with Gasteiger partial charge in [-0.25, -0.2) is 9.79 Å². The number of unbranched alkanes of at least 4 members (excludes halogenated alkanes) is 1. The third kappa shape index (κ3) is 5.12. The lowest BCUT2D eigenvalue weighted by atomic mass is 10.3. The van der Waals surface area contributed by atoms with Crippen molar-refractivity contribution in [2.24, 2.45) is 4.99 Å². The Morgan fingerprint density at radius 2 is 2.50 bits per heavy atom. The Hall–Kier alpha value is -0.880. The van der Waals surface area contributed by atoms with Crippen LogP contribution >= 0.6 is 0 Å². The van der Waals surface area contributed by atoms with Gasteiger partial charge in [0.15, 0.2) is 0 Å². The number of carbonyl (C=O) groups excluding carboxylic acids is 1. The number of allylic oxidation sites excluding steroid dienone is 1. The maximum absolute atomic E-state index is 9.45. The van der Waals surface area contributed by atoms with E-state index in [2.05, 4.69) is 11.6 Å². The Morgan fingerprint density at radius 1 is 1.75 bits per heavy atom. The van der Waals surface area contributed by atoms with Crippen LogP contribution in [0.4, 0.5) is 0 Å². The summed E-state index contributed by atoms with van der Waals surface area (Å²) >= 11 is 0. The fraction of sp³-hybridized carbons (Fsp3) is 0.500. The molecule has 0 heterocycles. The molecule has 0 unspecified atom stereocenters. The lowest BCUT2D eigenvalue weighted by Crippen LogP contribution is -1.75. The maximum Gasteiger partial charge on any atom is 0.234 e. The SMILES string of the molecule is C=CCCCN=C=O. The monoisotopic (exact) mass is 111 g/mol. The molecule has 0 fully saturated rings. The molecule has 0 aromatic carbocycles. The van der Waals surface area contributed by atoms with Crippen molar-refractivity contribution in [2.45, 2.75) is 12.8 Å². The highest BCUT2D eigenvalue weighted by Gasteiger charge is 1.76. The first-order chi connectivity index (χ1) is 3.91. The molecule has 0 saturated heterocycles. The molecule has 0 aromatic rings. The first-order valence-corrected chi connectivity index (χ1v) is 2.56. The molecule has 0 N–H and O–H groups in total. The van der Waals surface area contributed by atoms with Gasteiger partial charge in [0.1, 0.15) is 0 Å². The maximum atomic E-state index is 9.45. The molecular formula is C6H9NO. The second-order valence-electron chi connectivity index (χ2n) is 1.40. The van der Waals surface area contributed by atoms with E-state index >= 15 is 0 Å². The molecule has 0 aliphatic carbocycles. The van der Waals surface area contributed by atoms with Gasteiger partial charge < -0.3 is 0 Å². The van der Waals surface area contributed by atoms with Crippen molar-refractivity contribution < 1.29 is 4.79 Å². The van der Waals surface area contributed by atoms with Crippen molar-refractivity contribution in [2.75, 3.05) is 6.54 Å². The molecule has 8 heavy (non-hydrogen) atoms. The van der Waals surface area contributed by atoms with Gasteiger partial charge in [0.05, 0.1) is 6.54 Å². The van der Waals surface area contributed by atoms with Crippen LogP contribution in [0, 0.1) is 0 Å². The van der Waals surface area contributed by atoms with Gasteiger partial charge in [-0.1, -0.05) is 6.08 Å². The number of hydrogen-bond donors (Lipinski definition) is 0. The van der Waals surface area contributed by atoms with E-state index in [-0.39, 0.29) is 0 Å². The number of hydrogen-bond acceptors (Lipinski definition) is 2. The lowest BCUT2D eigenvalue weighted by molar-refractivity contribution is 0.562. The van der Waals surface area contributed by atoms with E-state index in [1.807, 2.05) is 0 Å². The minimum Gasteiger partial charge on any atom is -0.211 e. The topological polar surface area (TPSA) is 29.4 Å². The van der Waals surface area contributed by atoms with E-state index in [1.54, 1.807) is 6.08 Å². The van der Waals surface area contributed by atoms with Crippen molar-refractivity contribution in [3.8, 4) is 0 Å². The summed E-state index contributed by atoms with van der Waals surface area (Å²) in [6, 6.07) is 0. The van der Waals surface area contributed by atoms with Gasteiger partial charge in [-0.05, 0) is 12.8 Å². The molecule has 0 amide bonds. The fourth-order valence-electron chi connectivity index (χ4n) is 0.360. The summed E-state index contributed by atoms with van der Waals surface area (Å²) in [6.07, 6.45) is 5.10. The average molecular weight is 111 g/mol. The van der Waals surface area contributed by atoms with E-state index in [4.69, 9.17) is 0 Å². The van der Waals surface area contributed by atoms with E-state index in [1.165, 1.54) is 6.08 Å². The van der Waals surface area contributed by atoms with Crippen LogP contribution in [0.25, 0.3) is 0 Å². The van der Waals surface area contributed by atoms with Crippen LogP contribution in [-0.4, -0.2) is 12.6 Å². The number of nitrogens with zero attached hydrogens (tertiary/aromatic N) is 1. The van der Waals surface area contributed by atoms with Crippen LogP contribution in [0.1, 0.15) is 12.8 Å². The van der Waals surface area contributed by atoms with Gasteiger partial charge >= 0.3 is 0 Å². The summed E-state index contributed by atoms with van der Waals surface area (Å²) in [7, 11) is 0. The Labute approximate surface area is 48.9 Å². The van der Waals surface area contributed by atoms with Crippen molar-refractivity contribution >= 4 is 6.08 Å². The van der Waals surface area contributed by atoms with Gasteiger partial charge in [0.25, 0.3) is 0 Å². The number of rotatable bonds is 4. The molecule has 0 bridgehead atoms. The van der Waals surface area contributed by atoms with E-state index in [0.717, 1.165) is 12.8 Å². The highest BCUT2D eigenvalue weighted by atomic mass is 16.1. The standard InChI is InChI=1S/C6H9NO/c1-2-3-4-5-7-6-8/h2H,1,3-5H2. The van der Waals surface area contributed by atoms with Gasteiger partial charge in [0, 0.05) is 0 Å². The highest BCUT2D eigenvalue weighted by molar-refractivity contribution is 5.32. The molecule has 0 saturated carbocycles. The first-order valence-electron chi connectivity index (χ1n) is 2.56. The molecule has 0 rings (SSSR count). The normalized spacial score (nSPS) is 7.50. The van der Waals surface area contributed by atoms with Crippen molar-refractivity contribution in [3.63, 3.8) is 0 Å². The van der Waals surface area contributed by atoms with E-state index in [9.17, 15) is 4.79 Å². The predicted octanol–water partition coefficient (Wildman–Crippen LogP) is 1.29. The smallest absolute Gasteiger partial charge is 0.211 e. The third-order valence-corrected chi connectivity index (χ3v) is 0.743. The summed E-state index contributed by atoms with van der Waals surface area (Å²) in [5.41, 5.74) is 0. The van der Waals surface area contributed by atoms with Gasteiger partial charge in [0.2, 0.25) is 6.08 Å². The Kier molecular flexibility index (Phi) is 5.45. The van der Waals surface area contributed by atoms with E-state index < -0.39 is 0 Å². The van der Waals surface area contributed by atoms with Crippen molar-refractivity contribution in [1.29, 1.82) is 0 Å².